The van der Waals surface area contributed by atoms with Crippen molar-refractivity contribution in [2.75, 3.05) is 6.54 Å². The minimum absolute atomic E-state index is 0.119. The lowest BCUT2D eigenvalue weighted by Gasteiger charge is -2.26. The van der Waals surface area contributed by atoms with Crippen LogP contribution in [-0.4, -0.2) is 35.6 Å². The minimum Gasteiger partial charge on any atom is -0.350 e. The monoisotopic (exact) mass is 385 g/mol. The summed E-state index contributed by atoms with van der Waals surface area (Å²) in [5.41, 5.74) is 8.36. The lowest BCUT2D eigenvalue weighted by Crippen LogP contribution is -2.43. The Balaban J connectivity index is 1.57. The van der Waals surface area contributed by atoms with E-state index in [2.05, 4.69) is 20.9 Å². The van der Waals surface area contributed by atoms with Gasteiger partial charge in [0.05, 0.1) is 0 Å². The number of aromatic nitrogens is 1. The van der Waals surface area contributed by atoms with Crippen molar-refractivity contribution in [1.82, 2.24) is 20.9 Å². The number of aromatic amines is 1. The van der Waals surface area contributed by atoms with Crippen molar-refractivity contribution in [3.63, 3.8) is 0 Å². The van der Waals surface area contributed by atoms with E-state index in [9.17, 15) is 14.0 Å². The summed E-state index contributed by atoms with van der Waals surface area (Å²) >= 11 is 0. The van der Waals surface area contributed by atoms with E-state index in [1.54, 1.807) is 12.3 Å². The van der Waals surface area contributed by atoms with Gasteiger partial charge in [0.25, 0.3) is 5.91 Å². The zero-order valence-corrected chi connectivity index (χ0v) is 15.5. The maximum atomic E-state index is 13.8. The molecular weight excluding hydrogens is 361 g/mol. The van der Waals surface area contributed by atoms with Gasteiger partial charge < -0.3 is 26.7 Å². The predicted octanol–water partition coefficient (Wildman–Crippen LogP) is 2.35. The second kappa shape index (κ2) is 7.63. The first-order chi connectivity index (χ1) is 13.5. The van der Waals surface area contributed by atoms with Gasteiger partial charge in [-0.25, -0.2) is 9.18 Å². The van der Waals surface area contributed by atoms with Crippen LogP contribution < -0.4 is 21.7 Å². The lowest BCUT2D eigenvalue weighted by atomic mass is 9.92. The standard InChI is InChI=1S/C20H24FN5O2/c21-12-1-6-16-15(9-12)17-11(7-8-23-19(27)18(17)26-16)10-24-20(28)25-14-4-2-13(22)3-5-14/h1,6,9-10,13-14,26H,2-5,7-8,22H2,(H,23,27)(H2,24,25,28)/b11-10+. The number of rotatable bonds is 2. The minimum atomic E-state index is -0.375. The number of halogens is 1. The molecule has 8 heteroatoms. The normalized spacial score (nSPS) is 23.8. The number of hydrogen-bond donors (Lipinski definition) is 5. The molecule has 148 valence electrons. The highest BCUT2D eigenvalue weighted by Gasteiger charge is 2.24. The molecule has 4 rings (SSSR count). The van der Waals surface area contributed by atoms with Gasteiger partial charge in [0.2, 0.25) is 0 Å². The Morgan fingerprint density at radius 2 is 2.04 bits per heavy atom. The zero-order valence-electron chi connectivity index (χ0n) is 15.5. The van der Waals surface area contributed by atoms with Crippen molar-refractivity contribution < 1.29 is 14.0 Å². The summed E-state index contributed by atoms with van der Waals surface area (Å²) in [5, 5.41) is 9.19. The smallest absolute Gasteiger partial charge is 0.318 e. The van der Waals surface area contributed by atoms with E-state index >= 15 is 0 Å². The van der Waals surface area contributed by atoms with E-state index in [1.807, 2.05) is 0 Å². The fourth-order valence-electron chi connectivity index (χ4n) is 3.98. The summed E-state index contributed by atoms with van der Waals surface area (Å²) in [6, 6.07) is 4.42. The van der Waals surface area contributed by atoms with Gasteiger partial charge >= 0.3 is 6.03 Å². The summed E-state index contributed by atoms with van der Waals surface area (Å²) in [5.74, 6) is -0.613. The highest BCUT2D eigenvalue weighted by molar-refractivity contribution is 6.07. The van der Waals surface area contributed by atoms with E-state index in [1.165, 1.54) is 12.1 Å². The Bertz CT molecular complexity index is 943. The molecule has 1 aromatic carbocycles. The number of amides is 3. The molecule has 0 spiro atoms. The van der Waals surface area contributed by atoms with Crippen LogP contribution in [0.3, 0.4) is 0 Å². The van der Waals surface area contributed by atoms with E-state index in [-0.39, 0.29) is 29.8 Å². The highest BCUT2D eigenvalue weighted by Crippen LogP contribution is 2.32. The molecule has 2 aliphatic rings. The van der Waals surface area contributed by atoms with Crippen LogP contribution in [0, 0.1) is 5.82 Å². The summed E-state index contributed by atoms with van der Waals surface area (Å²) in [4.78, 5) is 27.7. The van der Waals surface area contributed by atoms with Gasteiger partial charge in [0, 0.05) is 41.3 Å². The van der Waals surface area contributed by atoms with Gasteiger partial charge in [0.15, 0.2) is 0 Å². The Labute approximate surface area is 161 Å². The van der Waals surface area contributed by atoms with Crippen LogP contribution in [0.1, 0.15) is 48.2 Å². The van der Waals surface area contributed by atoms with Crippen molar-refractivity contribution in [3.05, 3.63) is 41.5 Å². The number of carbonyl (C=O) groups is 2. The number of nitrogens with two attached hydrogens (primary N) is 1. The maximum Gasteiger partial charge on any atom is 0.318 e. The van der Waals surface area contributed by atoms with Crippen molar-refractivity contribution in [2.24, 2.45) is 5.73 Å². The fourth-order valence-corrected chi connectivity index (χ4v) is 3.98. The van der Waals surface area contributed by atoms with Gasteiger partial charge in [-0.15, -0.1) is 0 Å². The molecule has 0 atom stereocenters. The first kappa shape index (κ1) is 18.5. The zero-order chi connectivity index (χ0) is 19.7. The van der Waals surface area contributed by atoms with Gasteiger partial charge in [0.1, 0.15) is 11.5 Å². The van der Waals surface area contributed by atoms with Gasteiger partial charge in [-0.1, -0.05) is 0 Å². The third-order valence-electron chi connectivity index (χ3n) is 5.47. The first-order valence-corrected chi connectivity index (χ1v) is 9.62. The maximum absolute atomic E-state index is 13.8. The van der Waals surface area contributed by atoms with E-state index in [0.29, 0.717) is 35.1 Å². The molecule has 1 saturated carbocycles. The topological polar surface area (TPSA) is 112 Å². The van der Waals surface area contributed by atoms with Crippen molar-refractivity contribution in [2.45, 2.75) is 44.2 Å². The number of benzene rings is 1. The van der Waals surface area contributed by atoms with Crippen LogP contribution in [0.25, 0.3) is 16.5 Å². The quantitative estimate of drug-likeness (QED) is 0.547. The van der Waals surface area contributed by atoms with Gasteiger partial charge in [-0.05, 0) is 55.9 Å². The fraction of sp³-hybridized carbons (Fsp3) is 0.400. The third kappa shape index (κ3) is 3.73. The molecule has 1 fully saturated rings. The molecular formula is C20H24FN5O2. The average molecular weight is 385 g/mol. The molecule has 7 nitrogen and oxygen atoms in total. The summed E-state index contributed by atoms with van der Waals surface area (Å²) in [7, 11) is 0. The first-order valence-electron chi connectivity index (χ1n) is 9.62. The molecule has 1 aromatic heterocycles. The van der Waals surface area contributed by atoms with Crippen molar-refractivity contribution in [3.8, 4) is 0 Å². The molecule has 28 heavy (non-hydrogen) atoms. The van der Waals surface area contributed by atoms with Crippen molar-refractivity contribution in [1.29, 1.82) is 0 Å². The Hall–Kier alpha value is -2.87. The lowest BCUT2D eigenvalue weighted by molar-refractivity contribution is 0.0952. The molecule has 6 N–H and O–H groups in total. The summed E-state index contributed by atoms with van der Waals surface area (Å²) in [6.07, 6.45) is 5.70. The largest absolute Gasteiger partial charge is 0.350 e. The van der Waals surface area contributed by atoms with Crippen LogP contribution in [0.15, 0.2) is 24.4 Å². The molecule has 1 aliphatic heterocycles. The highest BCUT2D eigenvalue weighted by atomic mass is 19.1. The molecule has 1 aliphatic carbocycles. The number of urea groups is 1. The number of H-pyrrole nitrogens is 1. The number of fused-ring (bicyclic) bond motifs is 3. The predicted molar refractivity (Wildman–Crippen MR) is 105 cm³/mol. The Kier molecular flexibility index (Phi) is 5.04. The van der Waals surface area contributed by atoms with Crippen LogP contribution in [0.4, 0.5) is 9.18 Å². The summed E-state index contributed by atoms with van der Waals surface area (Å²) < 4.78 is 13.8. The average Bonchev–Trinajstić information content (AvgIpc) is 2.97. The van der Waals surface area contributed by atoms with E-state index in [0.717, 1.165) is 31.3 Å². The second-order valence-electron chi connectivity index (χ2n) is 7.47. The van der Waals surface area contributed by atoms with E-state index in [4.69, 9.17) is 5.73 Å². The number of nitrogens with one attached hydrogen (secondary N) is 4. The molecule has 2 aromatic rings. The number of carbonyl (C=O) groups excluding carboxylic acids is 2. The third-order valence-corrected chi connectivity index (χ3v) is 5.47. The molecule has 0 radical (unpaired) electrons. The summed E-state index contributed by atoms with van der Waals surface area (Å²) in [6.45, 7) is 0.438. The van der Waals surface area contributed by atoms with Gasteiger partial charge in [-0.3, -0.25) is 4.79 Å². The molecule has 3 amide bonds. The van der Waals surface area contributed by atoms with Crippen LogP contribution in [-0.2, 0) is 0 Å². The van der Waals surface area contributed by atoms with Crippen LogP contribution in [0.5, 0.6) is 0 Å². The molecule has 0 bridgehead atoms. The van der Waals surface area contributed by atoms with Gasteiger partial charge in [-0.2, -0.15) is 0 Å². The Morgan fingerprint density at radius 1 is 1.25 bits per heavy atom. The second-order valence-corrected chi connectivity index (χ2v) is 7.47. The number of hydrogen-bond acceptors (Lipinski definition) is 3. The van der Waals surface area contributed by atoms with E-state index < -0.39 is 0 Å². The SMILES string of the molecule is NC1CCC(NC(=O)N/C=C2\CCNC(=O)c3[nH]c4ccc(F)cc4c32)CC1. The molecule has 2 heterocycles. The molecule has 0 unspecified atom stereocenters. The Morgan fingerprint density at radius 3 is 2.82 bits per heavy atom. The van der Waals surface area contributed by atoms with Crippen LogP contribution in [0.2, 0.25) is 0 Å². The van der Waals surface area contributed by atoms with Crippen LogP contribution >= 0.6 is 0 Å². The molecule has 0 saturated heterocycles. The van der Waals surface area contributed by atoms with Crippen molar-refractivity contribution >= 4 is 28.4 Å².